The predicted octanol–water partition coefficient (Wildman–Crippen LogP) is 4.74. The van der Waals surface area contributed by atoms with Gasteiger partial charge in [0.25, 0.3) is 0 Å². The van der Waals surface area contributed by atoms with E-state index in [0.29, 0.717) is 5.56 Å². The van der Waals surface area contributed by atoms with Gasteiger partial charge in [0.05, 0.1) is 5.92 Å². The first-order valence-corrected chi connectivity index (χ1v) is 8.41. The Morgan fingerprint density at radius 2 is 1.62 bits per heavy atom. The number of phenolic OH excluding ortho intramolecular Hbond substituents is 2. The Kier molecular flexibility index (Phi) is 5.88. The lowest BCUT2D eigenvalue weighted by Crippen LogP contribution is -2.15. The molecule has 0 saturated heterocycles. The van der Waals surface area contributed by atoms with E-state index in [9.17, 15) is 20.1 Å². The summed E-state index contributed by atoms with van der Waals surface area (Å²) in [6.07, 6.45) is 4.13. The number of aryl methyl sites for hydroxylation is 3. The molecule has 0 saturated carbocycles. The molecule has 2 aromatic carbocycles. The van der Waals surface area contributed by atoms with Gasteiger partial charge in [-0.15, -0.1) is 0 Å². The Balaban J connectivity index is 2.67. The van der Waals surface area contributed by atoms with Crippen molar-refractivity contribution in [2.45, 2.75) is 33.6 Å². The SMILES string of the molecule is C/C=C(O)\C=C/C(=O)C(c1ccc(O)cc1O)c1c(C)cc(C)cc1C. The second kappa shape index (κ2) is 7.91. The molecule has 2 rings (SSSR count). The molecule has 0 radical (unpaired) electrons. The molecule has 0 aliphatic rings. The summed E-state index contributed by atoms with van der Waals surface area (Å²) in [6, 6.07) is 8.21. The summed E-state index contributed by atoms with van der Waals surface area (Å²) in [5, 5.41) is 29.5. The maximum atomic E-state index is 13.0. The normalized spacial score (nSPS) is 13.2. The van der Waals surface area contributed by atoms with Gasteiger partial charge < -0.3 is 15.3 Å². The fraction of sp³-hybridized carbons (Fsp3) is 0.227. The minimum Gasteiger partial charge on any atom is -0.508 e. The molecule has 0 heterocycles. The lowest BCUT2D eigenvalue weighted by atomic mass is 9.81. The Hall–Kier alpha value is -3.01. The van der Waals surface area contributed by atoms with Crippen LogP contribution >= 0.6 is 0 Å². The number of hydrogen-bond donors (Lipinski definition) is 3. The molecule has 3 N–H and O–H groups in total. The molecule has 0 aliphatic carbocycles. The molecule has 0 aliphatic heterocycles. The Labute approximate surface area is 153 Å². The molecule has 0 amide bonds. The number of rotatable bonds is 5. The van der Waals surface area contributed by atoms with E-state index < -0.39 is 5.92 Å². The van der Waals surface area contributed by atoms with Gasteiger partial charge in [-0.05, 0) is 68.7 Å². The van der Waals surface area contributed by atoms with E-state index >= 15 is 0 Å². The zero-order valence-electron chi connectivity index (χ0n) is 15.4. The number of benzene rings is 2. The highest BCUT2D eigenvalue weighted by Crippen LogP contribution is 2.37. The molecular weight excluding hydrogens is 328 g/mol. The highest BCUT2D eigenvalue weighted by molar-refractivity contribution is 5.99. The summed E-state index contributed by atoms with van der Waals surface area (Å²) < 4.78 is 0. The molecule has 4 nitrogen and oxygen atoms in total. The third-order valence-electron chi connectivity index (χ3n) is 4.35. The molecule has 2 aromatic rings. The maximum absolute atomic E-state index is 13.0. The fourth-order valence-electron chi connectivity index (χ4n) is 3.23. The monoisotopic (exact) mass is 352 g/mol. The second-order valence-electron chi connectivity index (χ2n) is 6.44. The topological polar surface area (TPSA) is 77.8 Å². The Morgan fingerprint density at radius 1 is 1.00 bits per heavy atom. The summed E-state index contributed by atoms with van der Waals surface area (Å²) in [5.41, 5.74) is 4.19. The van der Waals surface area contributed by atoms with Crippen LogP contribution in [0, 0.1) is 20.8 Å². The standard InChI is InChI=1S/C22H24O4/c1-5-16(23)7-9-19(25)22(18-8-6-17(24)12-20(18)26)21-14(3)10-13(2)11-15(21)4/h5-12,22-24,26H,1-4H3/b9-7-,16-5+. The van der Waals surface area contributed by atoms with Crippen molar-refractivity contribution < 1.29 is 20.1 Å². The van der Waals surface area contributed by atoms with Crippen molar-refractivity contribution in [2.24, 2.45) is 0 Å². The number of phenols is 2. The summed E-state index contributed by atoms with van der Waals surface area (Å²) in [5.74, 6) is -1.24. The van der Waals surface area contributed by atoms with Gasteiger partial charge in [0.1, 0.15) is 17.3 Å². The van der Waals surface area contributed by atoms with Gasteiger partial charge in [-0.25, -0.2) is 0 Å². The van der Waals surface area contributed by atoms with Gasteiger partial charge in [0.15, 0.2) is 5.78 Å². The molecule has 0 spiro atoms. The number of aliphatic hydroxyl groups excluding tert-OH is 1. The highest BCUT2D eigenvalue weighted by Gasteiger charge is 2.27. The predicted molar refractivity (Wildman–Crippen MR) is 103 cm³/mol. The number of carbonyl (C=O) groups excluding carboxylic acids is 1. The van der Waals surface area contributed by atoms with E-state index in [1.54, 1.807) is 13.0 Å². The van der Waals surface area contributed by atoms with Crippen LogP contribution in [0.5, 0.6) is 11.5 Å². The van der Waals surface area contributed by atoms with Crippen LogP contribution in [0.2, 0.25) is 0 Å². The van der Waals surface area contributed by atoms with Crippen LogP contribution in [0.1, 0.15) is 40.7 Å². The molecule has 1 unspecified atom stereocenters. The largest absolute Gasteiger partial charge is 0.508 e. The molecule has 136 valence electrons. The first kappa shape index (κ1) is 19.3. The average Bonchev–Trinajstić information content (AvgIpc) is 2.56. The van der Waals surface area contributed by atoms with Gasteiger partial charge >= 0.3 is 0 Å². The Bertz CT molecular complexity index is 868. The van der Waals surface area contributed by atoms with Crippen LogP contribution in [0.25, 0.3) is 0 Å². The molecule has 4 heteroatoms. The van der Waals surface area contributed by atoms with Gasteiger partial charge in [-0.3, -0.25) is 4.79 Å². The van der Waals surface area contributed by atoms with E-state index in [1.807, 2.05) is 32.9 Å². The van der Waals surface area contributed by atoms with Crippen LogP contribution in [-0.4, -0.2) is 21.1 Å². The van der Waals surface area contributed by atoms with Crippen LogP contribution in [0.3, 0.4) is 0 Å². The third-order valence-corrected chi connectivity index (χ3v) is 4.35. The van der Waals surface area contributed by atoms with Crippen molar-refractivity contribution in [1.29, 1.82) is 0 Å². The van der Waals surface area contributed by atoms with Crippen LogP contribution < -0.4 is 0 Å². The molecule has 0 aromatic heterocycles. The first-order chi connectivity index (χ1) is 12.2. The molecule has 0 fully saturated rings. The van der Waals surface area contributed by atoms with Gasteiger partial charge in [0, 0.05) is 11.6 Å². The molecule has 26 heavy (non-hydrogen) atoms. The number of hydrogen-bond acceptors (Lipinski definition) is 4. The fourth-order valence-corrected chi connectivity index (χ4v) is 3.23. The van der Waals surface area contributed by atoms with E-state index in [4.69, 9.17) is 0 Å². The highest BCUT2D eigenvalue weighted by atomic mass is 16.3. The van der Waals surface area contributed by atoms with E-state index in [1.165, 1.54) is 30.4 Å². The molecule has 0 bridgehead atoms. The first-order valence-electron chi connectivity index (χ1n) is 8.41. The van der Waals surface area contributed by atoms with E-state index in [0.717, 1.165) is 22.3 Å². The van der Waals surface area contributed by atoms with Crippen molar-refractivity contribution in [1.82, 2.24) is 0 Å². The van der Waals surface area contributed by atoms with Crippen molar-refractivity contribution in [3.63, 3.8) is 0 Å². The number of carbonyl (C=O) groups is 1. The van der Waals surface area contributed by atoms with Gasteiger partial charge in [-0.2, -0.15) is 0 Å². The lowest BCUT2D eigenvalue weighted by molar-refractivity contribution is -0.115. The van der Waals surface area contributed by atoms with Crippen molar-refractivity contribution in [2.75, 3.05) is 0 Å². The molecular formula is C22H24O4. The quantitative estimate of drug-likeness (QED) is 0.412. The average molecular weight is 352 g/mol. The number of aliphatic hydroxyl groups is 1. The van der Waals surface area contributed by atoms with Gasteiger partial charge in [-0.1, -0.05) is 23.8 Å². The van der Waals surface area contributed by atoms with Crippen LogP contribution in [0.15, 0.2) is 54.3 Å². The van der Waals surface area contributed by atoms with Crippen LogP contribution in [-0.2, 0) is 4.79 Å². The van der Waals surface area contributed by atoms with Crippen molar-refractivity contribution >= 4 is 5.78 Å². The van der Waals surface area contributed by atoms with Crippen LogP contribution in [0.4, 0.5) is 0 Å². The Morgan fingerprint density at radius 3 is 2.15 bits per heavy atom. The summed E-state index contributed by atoms with van der Waals surface area (Å²) >= 11 is 0. The summed E-state index contributed by atoms with van der Waals surface area (Å²) in [4.78, 5) is 13.0. The summed E-state index contributed by atoms with van der Waals surface area (Å²) in [6.45, 7) is 7.52. The van der Waals surface area contributed by atoms with Gasteiger partial charge in [0.2, 0.25) is 0 Å². The number of allylic oxidation sites excluding steroid dienone is 3. The minimum absolute atomic E-state index is 0.00984. The van der Waals surface area contributed by atoms with E-state index in [2.05, 4.69) is 0 Å². The van der Waals surface area contributed by atoms with Crippen molar-refractivity contribution in [3.8, 4) is 11.5 Å². The van der Waals surface area contributed by atoms with E-state index in [-0.39, 0.29) is 23.0 Å². The number of aromatic hydroxyl groups is 2. The zero-order valence-corrected chi connectivity index (χ0v) is 15.4. The number of ketones is 1. The van der Waals surface area contributed by atoms with Crippen molar-refractivity contribution in [3.05, 3.63) is 82.1 Å². The third kappa shape index (κ3) is 4.14. The smallest absolute Gasteiger partial charge is 0.167 e. The maximum Gasteiger partial charge on any atom is 0.167 e. The lowest BCUT2D eigenvalue weighted by Gasteiger charge is -2.21. The second-order valence-corrected chi connectivity index (χ2v) is 6.44. The molecule has 1 atom stereocenters. The zero-order chi connectivity index (χ0) is 19.4. The summed E-state index contributed by atoms with van der Waals surface area (Å²) in [7, 11) is 0. The minimum atomic E-state index is -0.739.